The van der Waals surface area contributed by atoms with E-state index in [0.29, 0.717) is 12.0 Å². The van der Waals surface area contributed by atoms with Crippen LogP contribution in [0, 0.1) is 11.3 Å². The highest BCUT2D eigenvalue weighted by Gasteiger charge is 1.94. The summed E-state index contributed by atoms with van der Waals surface area (Å²) in [4.78, 5) is 11.6. The van der Waals surface area contributed by atoms with Crippen LogP contribution in [0.5, 0.6) is 0 Å². The van der Waals surface area contributed by atoms with E-state index in [1.165, 1.54) is 4.90 Å². The first-order valence-corrected chi connectivity index (χ1v) is 5.90. The minimum Gasteiger partial charge on any atom is -0.298 e. The number of carbonyl (C=O) groups is 1. The van der Waals surface area contributed by atoms with Gasteiger partial charge in [-0.25, -0.2) is 0 Å². The molecule has 0 amide bonds. The number of nitriles is 1. The second-order valence-electron chi connectivity index (χ2n) is 3.15. The second kappa shape index (κ2) is 7.08. The fourth-order valence-electron chi connectivity index (χ4n) is 1.14. The van der Waals surface area contributed by atoms with Crippen LogP contribution >= 0.6 is 11.8 Å². The van der Waals surface area contributed by atoms with Crippen molar-refractivity contribution in [2.45, 2.75) is 24.2 Å². The third kappa shape index (κ3) is 4.66. The van der Waals surface area contributed by atoms with Crippen LogP contribution < -0.4 is 0 Å². The number of thioether (sulfide) groups is 1. The van der Waals surface area contributed by atoms with Crippen molar-refractivity contribution < 1.29 is 4.79 Å². The van der Waals surface area contributed by atoms with Crippen LogP contribution in [0.15, 0.2) is 29.2 Å². The molecule has 3 heteroatoms. The number of nitrogens with zero attached hydrogens (tertiary/aromatic N) is 1. The molecule has 0 spiro atoms. The standard InChI is InChI=1S/C12H13NOS/c13-8-2-1-3-9-15-12-6-4-11(10-14)5-7-12/h4-7,10H,1-3,9H2. The molecule has 0 aliphatic carbocycles. The molecule has 0 aliphatic rings. The highest BCUT2D eigenvalue weighted by atomic mass is 32.2. The van der Waals surface area contributed by atoms with Gasteiger partial charge in [0, 0.05) is 16.9 Å². The van der Waals surface area contributed by atoms with Gasteiger partial charge >= 0.3 is 0 Å². The Balaban J connectivity index is 2.26. The SMILES string of the molecule is N#CCCCCSc1ccc(C=O)cc1. The van der Waals surface area contributed by atoms with Crippen molar-refractivity contribution >= 4 is 18.0 Å². The molecule has 0 heterocycles. The van der Waals surface area contributed by atoms with Gasteiger partial charge in [-0.2, -0.15) is 5.26 Å². The molecule has 1 aromatic carbocycles. The Morgan fingerprint density at radius 2 is 2.00 bits per heavy atom. The third-order valence-electron chi connectivity index (χ3n) is 1.97. The molecule has 1 aromatic rings. The van der Waals surface area contributed by atoms with Gasteiger partial charge in [-0.3, -0.25) is 4.79 Å². The van der Waals surface area contributed by atoms with Gasteiger partial charge in [-0.15, -0.1) is 11.8 Å². The molecule has 0 aliphatic heterocycles. The maximum atomic E-state index is 10.4. The summed E-state index contributed by atoms with van der Waals surface area (Å²) in [7, 11) is 0. The number of carbonyl (C=O) groups excluding carboxylic acids is 1. The van der Waals surface area contributed by atoms with E-state index in [0.717, 1.165) is 24.9 Å². The predicted molar refractivity (Wildman–Crippen MR) is 62.0 cm³/mol. The molecule has 0 aromatic heterocycles. The van der Waals surface area contributed by atoms with Crippen LogP contribution in [-0.4, -0.2) is 12.0 Å². The number of aldehydes is 1. The molecule has 0 unspecified atom stereocenters. The van der Waals surface area contributed by atoms with Crippen molar-refractivity contribution in [3.8, 4) is 6.07 Å². The lowest BCUT2D eigenvalue weighted by molar-refractivity contribution is 0.112. The Morgan fingerprint density at radius 1 is 1.27 bits per heavy atom. The molecule has 0 saturated carbocycles. The van der Waals surface area contributed by atoms with E-state index in [2.05, 4.69) is 6.07 Å². The summed E-state index contributed by atoms with van der Waals surface area (Å²) < 4.78 is 0. The number of rotatable bonds is 6. The highest BCUT2D eigenvalue weighted by molar-refractivity contribution is 7.99. The molecule has 0 atom stereocenters. The molecule has 0 N–H and O–H groups in total. The zero-order chi connectivity index (χ0) is 10.9. The smallest absolute Gasteiger partial charge is 0.150 e. The Bertz CT molecular complexity index is 340. The Kier molecular flexibility index (Phi) is 5.57. The van der Waals surface area contributed by atoms with Gasteiger partial charge in [-0.05, 0) is 30.7 Å². The Labute approximate surface area is 94.3 Å². The van der Waals surface area contributed by atoms with Crippen LogP contribution in [0.3, 0.4) is 0 Å². The van der Waals surface area contributed by atoms with Gasteiger partial charge in [0.05, 0.1) is 6.07 Å². The maximum absolute atomic E-state index is 10.4. The summed E-state index contributed by atoms with van der Waals surface area (Å²) in [5.74, 6) is 1.03. The number of unbranched alkanes of at least 4 members (excludes halogenated alkanes) is 2. The lowest BCUT2D eigenvalue weighted by Gasteiger charge is -2.00. The molecule has 15 heavy (non-hydrogen) atoms. The first-order chi connectivity index (χ1) is 7.36. The molecule has 1 rings (SSSR count). The summed E-state index contributed by atoms with van der Waals surface area (Å²) in [6, 6.07) is 9.70. The van der Waals surface area contributed by atoms with Gasteiger partial charge in [0.15, 0.2) is 0 Å². The van der Waals surface area contributed by atoms with Crippen molar-refractivity contribution in [1.29, 1.82) is 5.26 Å². The normalized spacial score (nSPS) is 9.53. The van der Waals surface area contributed by atoms with Crippen molar-refractivity contribution in [2.75, 3.05) is 5.75 Å². The topological polar surface area (TPSA) is 40.9 Å². The summed E-state index contributed by atoms with van der Waals surface area (Å²) in [5, 5.41) is 8.35. The molecule has 0 radical (unpaired) electrons. The van der Waals surface area contributed by atoms with Crippen LogP contribution in [0.4, 0.5) is 0 Å². The number of hydrogen-bond acceptors (Lipinski definition) is 3. The monoisotopic (exact) mass is 219 g/mol. The molecular formula is C12H13NOS. The summed E-state index contributed by atoms with van der Waals surface area (Å²) in [6.07, 6.45) is 3.52. The lowest BCUT2D eigenvalue weighted by atomic mass is 10.2. The van der Waals surface area contributed by atoms with E-state index in [4.69, 9.17) is 5.26 Å². The minimum atomic E-state index is 0.643. The average molecular weight is 219 g/mol. The Morgan fingerprint density at radius 3 is 2.60 bits per heavy atom. The van der Waals surface area contributed by atoms with Gasteiger partial charge in [0.2, 0.25) is 0 Å². The molecular weight excluding hydrogens is 206 g/mol. The van der Waals surface area contributed by atoms with Crippen LogP contribution in [0.1, 0.15) is 29.6 Å². The van der Waals surface area contributed by atoms with E-state index < -0.39 is 0 Å². The van der Waals surface area contributed by atoms with Crippen molar-refractivity contribution in [3.05, 3.63) is 29.8 Å². The number of benzene rings is 1. The molecule has 0 fully saturated rings. The van der Waals surface area contributed by atoms with Gasteiger partial charge < -0.3 is 0 Å². The second-order valence-corrected chi connectivity index (χ2v) is 4.32. The molecule has 78 valence electrons. The maximum Gasteiger partial charge on any atom is 0.150 e. The predicted octanol–water partition coefficient (Wildman–Crippen LogP) is 3.29. The van der Waals surface area contributed by atoms with Crippen molar-refractivity contribution in [2.24, 2.45) is 0 Å². The van der Waals surface area contributed by atoms with E-state index in [1.54, 1.807) is 11.8 Å². The first kappa shape index (κ1) is 11.8. The zero-order valence-electron chi connectivity index (χ0n) is 8.48. The summed E-state index contributed by atoms with van der Waals surface area (Å²) in [5.41, 5.74) is 0.712. The highest BCUT2D eigenvalue weighted by Crippen LogP contribution is 2.19. The first-order valence-electron chi connectivity index (χ1n) is 4.92. The van der Waals surface area contributed by atoms with E-state index >= 15 is 0 Å². The quantitative estimate of drug-likeness (QED) is 0.419. The summed E-state index contributed by atoms with van der Waals surface area (Å²) in [6.45, 7) is 0. The van der Waals surface area contributed by atoms with Gasteiger partial charge in [0.1, 0.15) is 6.29 Å². The van der Waals surface area contributed by atoms with E-state index in [-0.39, 0.29) is 0 Å². The molecule has 0 bridgehead atoms. The fourth-order valence-corrected chi connectivity index (χ4v) is 2.05. The van der Waals surface area contributed by atoms with Gasteiger partial charge in [0.25, 0.3) is 0 Å². The molecule has 2 nitrogen and oxygen atoms in total. The lowest BCUT2D eigenvalue weighted by Crippen LogP contribution is -1.82. The minimum absolute atomic E-state index is 0.643. The Hall–Kier alpha value is -1.27. The van der Waals surface area contributed by atoms with Crippen molar-refractivity contribution in [3.63, 3.8) is 0 Å². The largest absolute Gasteiger partial charge is 0.298 e. The summed E-state index contributed by atoms with van der Waals surface area (Å²) >= 11 is 1.76. The van der Waals surface area contributed by atoms with Crippen LogP contribution in [-0.2, 0) is 0 Å². The van der Waals surface area contributed by atoms with E-state index in [1.807, 2.05) is 24.3 Å². The van der Waals surface area contributed by atoms with Crippen LogP contribution in [0.25, 0.3) is 0 Å². The van der Waals surface area contributed by atoms with E-state index in [9.17, 15) is 4.79 Å². The zero-order valence-corrected chi connectivity index (χ0v) is 9.30. The fraction of sp³-hybridized carbons (Fsp3) is 0.333. The van der Waals surface area contributed by atoms with Crippen molar-refractivity contribution in [1.82, 2.24) is 0 Å². The third-order valence-corrected chi connectivity index (χ3v) is 3.07. The average Bonchev–Trinajstić information content (AvgIpc) is 2.30. The number of hydrogen-bond donors (Lipinski definition) is 0. The van der Waals surface area contributed by atoms with Crippen LogP contribution in [0.2, 0.25) is 0 Å². The molecule has 0 saturated heterocycles. The van der Waals surface area contributed by atoms with Gasteiger partial charge in [-0.1, -0.05) is 12.1 Å².